The Bertz CT molecular complexity index is 271. The van der Waals surface area contributed by atoms with Gasteiger partial charge in [0.15, 0.2) is 0 Å². The fraction of sp³-hybridized carbons (Fsp3) is 1.00. The summed E-state index contributed by atoms with van der Waals surface area (Å²) in [6.45, 7) is 16.0. The van der Waals surface area contributed by atoms with Crippen LogP contribution >= 0.6 is 6.72 Å². The fourth-order valence-corrected chi connectivity index (χ4v) is 4.37. The third kappa shape index (κ3) is 7.51. The van der Waals surface area contributed by atoms with Crippen molar-refractivity contribution >= 4 is 18.5 Å². The lowest BCUT2D eigenvalue weighted by Crippen LogP contribution is -2.23. The Morgan fingerprint density at radius 3 is 0.900 bits per heavy atom. The minimum absolute atomic E-state index is 0.0274. The van der Waals surface area contributed by atoms with Crippen molar-refractivity contribution in [2.45, 2.75) is 80.6 Å². The Balaban J connectivity index is 4.97. The molecule has 5 heteroatoms. The molecular formula is C15H33O3PS. The van der Waals surface area contributed by atoms with Gasteiger partial charge in [0, 0.05) is 0 Å². The van der Waals surface area contributed by atoms with E-state index in [0.717, 1.165) is 0 Å². The minimum Gasteiger partial charge on any atom is -0.305 e. The van der Waals surface area contributed by atoms with Crippen molar-refractivity contribution in [2.24, 2.45) is 17.8 Å². The maximum Gasteiger partial charge on any atom is 0.327 e. The molecule has 0 amide bonds. The normalized spacial score (nSPS) is 20.2. The van der Waals surface area contributed by atoms with E-state index in [-0.39, 0.29) is 18.3 Å². The van der Waals surface area contributed by atoms with Crippen LogP contribution < -0.4 is 0 Å². The van der Waals surface area contributed by atoms with Gasteiger partial charge in [-0.05, 0) is 50.3 Å². The van der Waals surface area contributed by atoms with Crippen LogP contribution in [-0.2, 0) is 25.4 Å². The van der Waals surface area contributed by atoms with E-state index < -0.39 is 6.72 Å². The first-order valence-electron chi connectivity index (χ1n) is 7.63. The summed E-state index contributed by atoms with van der Waals surface area (Å²) >= 11 is 5.63. The van der Waals surface area contributed by atoms with Crippen molar-refractivity contribution in [3.63, 3.8) is 0 Å². The molecule has 0 aromatic heterocycles. The molecule has 0 aliphatic heterocycles. The average Bonchev–Trinajstić information content (AvgIpc) is 2.27. The second-order valence-electron chi connectivity index (χ2n) is 6.61. The van der Waals surface area contributed by atoms with E-state index in [1.165, 1.54) is 0 Å². The Kier molecular flexibility index (Phi) is 9.08. The Hall–Kier alpha value is 0.530. The van der Waals surface area contributed by atoms with Gasteiger partial charge in [-0.25, -0.2) is 0 Å². The summed E-state index contributed by atoms with van der Waals surface area (Å²) < 4.78 is 18.1. The summed E-state index contributed by atoms with van der Waals surface area (Å²) in [7, 11) is 0. The second-order valence-corrected chi connectivity index (χ2v) is 9.48. The highest BCUT2D eigenvalue weighted by molar-refractivity contribution is 8.07. The van der Waals surface area contributed by atoms with Crippen molar-refractivity contribution in [2.75, 3.05) is 0 Å². The molecule has 0 rings (SSSR count). The highest BCUT2D eigenvalue weighted by atomic mass is 32.5. The van der Waals surface area contributed by atoms with Gasteiger partial charge >= 0.3 is 6.72 Å². The van der Waals surface area contributed by atoms with Crippen LogP contribution in [0.25, 0.3) is 0 Å². The molecule has 0 aliphatic rings. The van der Waals surface area contributed by atoms with Crippen LogP contribution in [0, 0.1) is 17.8 Å². The zero-order valence-electron chi connectivity index (χ0n) is 14.5. The van der Waals surface area contributed by atoms with Crippen LogP contribution in [0.1, 0.15) is 62.3 Å². The van der Waals surface area contributed by atoms with E-state index in [9.17, 15) is 0 Å². The molecule has 0 aliphatic carbocycles. The van der Waals surface area contributed by atoms with E-state index in [1.54, 1.807) is 0 Å². The van der Waals surface area contributed by atoms with Crippen molar-refractivity contribution in [1.29, 1.82) is 0 Å². The Labute approximate surface area is 131 Å². The molecule has 0 radical (unpaired) electrons. The highest BCUT2D eigenvalue weighted by Crippen LogP contribution is 2.54. The predicted octanol–water partition coefficient (Wildman–Crippen LogP) is 5.39. The van der Waals surface area contributed by atoms with E-state index in [2.05, 4.69) is 41.5 Å². The van der Waals surface area contributed by atoms with Gasteiger partial charge in [-0.3, -0.25) is 0 Å². The van der Waals surface area contributed by atoms with E-state index in [0.29, 0.717) is 17.8 Å². The second kappa shape index (κ2) is 8.85. The van der Waals surface area contributed by atoms with Gasteiger partial charge in [0.05, 0.1) is 18.3 Å². The standard InChI is InChI=1S/C15H33O3PS/c1-10(2)13(7)16-19(20,17-14(8)11(3)4)18-15(9)12(5)6/h10-15H,1-9H3. The van der Waals surface area contributed by atoms with Crippen molar-refractivity contribution < 1.29 is 13.6 Å². The smallest absolute Gasteiger partial charge is 0.305 e. The van der Waals surface area contributed by atoms with Gasteiger partial charge in [0.2, 0.25) is 0 Å². The predicted molar refractivity (Wildman–Crippen MR) is 90.4 cm³/mol. The lowest BCUT2D eigenvalue weighted by atomic mass is 10.1. The maximum atomic E-state index is 6.02. The molecule has 0 spiro atoms. The first kappa shape index (κ1) is 20.5. The fourth-order valence-electron chi connectivity index (χ4n) is 1.05. The Morgan fingerprint density at radius 1 is 0.550 bits per heavy atom. The van der Waals surface area contributed by atoms with Crippen molar-refractivity contribution in [3.05, 3.63) is 0 Å². The van der Waals surface area contributed by atoms with Gasteiger partial charge in [-0.15, -0.1) is 0 Å². The molecule has 3 unspecified atom stereocenters. The van der Waals surface area contributed by atoms with Crippen molar-refractivity contribution in [1.82, 2.24) is 0 Å². The summed E-state index contributed by atoms with van der Waals surface area (Å²) in [4.78, 5) is 0. The molecule has 0 bridgehead atoms. The summed E-state index contributed by atoms with van der Waals surface area (Å²) in [5.74, 6) is 1.15. The SMILES string of the molecule is CC(C)C(C)OP(=S)(OC(C)C(C)C)OC(C)C(C)C. The molecule has 0 fully saturated rings. The quantitative estimate of drug-likeness (QED) is 0.531. The molecule has 0 saturated carbocycles. The molecule has 0 aromatic carbocycles. The number of hydrogen-bond acceptors (Lipinski definition) is 4. The van der Waals surface area contributed by atoms with Crippen LogP contribution in [-0.4, -0.2) is 18.3 Å². The highest BCUT2D eigenvalue weighted by Gasteiger charge is 2.31. The van der Waals surface area contributed by atoms with E-state index >= 15 is 0 Å². The third-order valence-corrected chi connectivity index (χ3v) is 6.25. The zero-order valence-corrected chi connectivity index (χ0v) is 16.3. The van der Waals surface area contributed by atoms with Crippen LogP contribution in [0.2, 0.25) is 0 Å². The zero-order chi connectivity index (χ0) is 16.1. The molecule has 0 heterocycles. The lowest BCUT2D eigenvalue weighted by Gasteiger charge is -2.33. The molecule has 0 N–H and O–H groups in total. The van der Waals surface area contributed by atoms with Gasteiger partial charge in [-0.2, -0.15) is 0 Å². The average molecular weight is 324 g/mol. The molecule has 3 nitrogen and oxygen atoms in total. The van der Waals surface area contributed by atoms with Crippen LogP contribution in [0.4, 0.5) is 0 Å². The first-order chi connectivity index (χ1) is 8.98. The number of rotatable bonds is 9. The first-order valence-corrected chi connectivity index (χ1v) is 10.2. The largest absolute Gasteiger partial charge is 0.327 e. The summed E-state index contributed by atoms with van der Waals surface area (Å²) in [6.07, 6.45) is 0.0821. The van der Waals surface area contributed by atoms with Crippen LogP contribution in [0.5, 0.6) is 0 Å². The van der Waals surface area contributed by atoms with Crippen molar-refractivity contribution in [3.8, 4) is 0 Å². The Morgan fingerprint density at radius 2 is 0.750 bits per heavy atom. The number of hydrogen-bond donors (Lipinski definition) is 0. The molecule has 20 heavy (non-hydrogen) atoms. The van der Waals surface area contributed by atoms with Gasteiger partial charge in [0.25, 0.3) is 0 Å². The monoisotopic (exact) mass is 324 g/mol. The lowest BCUT2D eigenvalue weighted by molar-refractivity contribution is 0.0411. The molecule has 3 atom stereocenters. The van der Waals surface area contributed by atoms with E-state index in [4.69, 9.17) is 25.4 Å². The summed E-state index contributed by atoms with van der Waals surface area (Å²) in [5, 5.41) is 0. The maximum absolute atomic E-state index is 6.02. The van der Waals surface area contributed by atoms with Gasteiger partial charge in [0.1, 0.15) is 0 Å². The van der Waals surface area contributed by atoms with Gasteiger partial charge in [-0.1, -0.05) is 41.5 Å². The topological polar surface area (TPSA) is 27.7 Å². The van der Waals surface area contributed by atoms with E-state index in [1.807, 2.05) is 20.8 Å². The third-order valence-electron chi connectivity index (χ3n) is 3.70. The summed E-state index contributed by atoms with van der Waals surface area (Å²) in [5.41, 5.74) is 0. The van der Waals surface area contributed by atoms with Crippen LogP contribution in [0.3, 0.4) is 0 Å². The molecule has 0 saturated heterocycles. The van der Waals surface area contributed by atoms with Crippen LogP contribution in [0.15, 0.2) is 0 Å². The molecule has 0 aromatic rings. The summed E-state index contributed by atoms with van der Waals surface area (Å²) in [6, 6.07) is 0. The van der Waals surface area contributed by atoms with Gasteiger partial charge < -0.3 is 13.6 Å². The molecule has 122 valence electrons. The minimum atomic E-state index is -2.72. The molecular weight excluding hydrogens is 291 g/mol.